The molecule has 1 N–H and O–H groups in total. The van der Waals surface area contributed by atoms with Gasteiger partial charge in [0.2, 0.25) is 0 Å². The molecule has 188 valence electrons. The minimum Gasteiger partial charge on any atom is -1.00 e. The molecule has 0 spiro atoms. The van der Waals surface area contributed by atoms with Gasteiger partial charge in [-0.3, -0.25) is 4.79 Å². The number of piperidine rings is 1. The minimum absolute atomic E-state index is 0. The Bertz CT molecular complexity index is 1350. The molecule has 0 amide bonds. The molecule has 0 saturated carbocycles. The van der Waals surface area contributed by atoms with Gasteiger partial charge >= 0.3 is 0 Å². The van der Waals surface area contributed by atoms with Gasteiger partial charge in [0.25, 0.3) is 5.56 Å². The second-order valence-electron chi connectivity index (χ2n) is 9.51. The van der Waals surface area contributed by atoms with Gasteiger partial charge in [-0.2, -0.15) is 5.10 Å². The van der Waals surface area contributed by atoms with Crippen molar-refractivity contribution in [3.63, 3.8) is 0 Å². The molecule has 0 radical (unpaired) electrons. The number of halogens is 3. The predicted octanol–water partition coefficient (Wildman–Crippen LogP) is 1.64. The summed E-state index contributed by atoms with van der Waals surface area (Å²) in [5, 5.41) is 7.28. The van der Waals surface area contributed by atoms with Crippen LogP contribution in [0.2, 0.25) is 5.02 Å². The molecule has 1 saturated heterocycles. The summed E-state index contributed by atoms with van der Waals surface area (Å²) in [6.45, 7) is 3.15. The molecule has 5 rings (SSSR count). The lowest BCUT2D eigenvalue weighted by atomic mass is 10.0. The molecule has 2 heterocycles. The van der Waals surface area contributed by atoms with Gasteiger partial charge in [-0.25, -0.2) is 9.07 Å². The summed E-state index contributed by atoms with van der Waals surface area (Å²) in [4.78, 5) is 14.9. The van der Waals surface area contributed by atoms with Gasteiger partial charge in [-0.05, 0) is 47.9 Å². The van der Waals surface area contributed by atoms with Crippen LogP contribution >= 0.6 is 11.6 Å². The zero-order chi connectivity index (χ0) is 24.2. The summed E-state index contributed by atoms with van der Waals surface area (Å²) >= 11 is 6.06. The van der Waals surface area contributed by atoms with Crippen LogP contribution in [0.3, 0.4) is 0 Å². The van der Waals surface area contributed by atoms with Crippen molar-refractivity contribution in [2.45, 2.75) is 38.1 Å². The fraction of sp³-hybridized carbons (Fsp3) is 0.310. The van der Waals surface area contributed by atoms with E-state index in [4.69, 9.17) is 16.7 Å². The molecule has 1 aromatic heterocycles. The predicted molar refractivity (Wildman–Crippen MR) is 139 cm³/mol. The van der Waals surface area contributed by atoms with E-state index in [2.05, 4.69) is 0 Å². The van der Waals surface area contributed by atoms with Crippen LogP contribution in [-0.4, -0.2) is 29.4 Å². The maximum absolute atomic E-state index is 13.4. The Labute approximate surface area is 222 Å². The monoisotopic (exact) mass is 525 g/mol. The van der Waals surface area contributed by atoms with Crippen molar-refractivity contribution >= 4 is 22.4 Å². The number of aromatic nitrogens is 2. The quantitative estimate of drug-likeness (QED) is 0.398. The van der Waals surface area contributed by atoms with E-state index in [9.17, 15) is 9.18 Å². The molecule has 4 aromatic rings. The summed E-state index contributed by atoms with van der Waals surface area (Å²) in [5.74, 6) is -0.185. The number of aryl methyl sites for hydroxylation is 1. The third kappa shape index (κ3) is 6.15. The lowest BCUT2D eigenvalue weighted by molar-refractivity contribution is -0.906. The van der Waals surface area contributed by atoms with Crippen LogP contribution in [0.15, 0.2) is 77.6 Å². The van der Waals surface area contributed by atoms with Gasteiger partial charge in [0, 0.05) is 36.1 Å². The van der Waals surface area contributed by atoms with Crippen molar-refractivity contribution in [3.05, 3.63) is 111 Å². The Hall–Kier alpha value is -2.73. The average molecular weight is 526 g/mol. The van der Waals surface area contributed by atoms with E-state index in [1.54, 1.807) is 9.58 Å². The van der Waals surface area contributed by atoms with E-state index in [-0.39, 0.29) is 29.8 Å². The van der Waals surface area contributed by atoms with Crippen molar-refractivity contribution in [1.82, 2.24) is 9.78 Å². The number of benzene rings is 3. The van der Waals surface area contributed by atoms with Crippen LogP contribution in [0, 0.1) is 5.82 Å². The summed E-state index contributed by atoms with van der Waals surface area (Å²) < 4.78 is 14.9. The molecule has 0 atom stereocenters. The number of rotatable bonds is 7. The molecule has 4 nitrogen and oxygen atoms in total. The fourth-order valence-electron chi connectivity index (χ4n) is 5.15. The third-order valence-corrected chi connectivity index (χ3v) is 7.36. The van der Waals surface area contributed by atoms with Crippen LogP contribution in [0.25, 0.3) is 10.8 Å². The second kappa shape index (κ2) is 12.0. The minimum atomic E-state index is -0.185. The number of nitrogens with zero attached hydrogens (tertiary/aromatic N) is 2. The second-order valence-corrected chi connectivity index (χ2v) is 9.94. The largest absolute Gasteiger partial charge is 1.00 e. The van der Waals surface area contributed by atoms with Gasteiger partial charge < -0.3 is 17.3 Å². The van der Waals surface area contributed by atoms with Gasteiger partial charge in [0.05, 0.1) is 36.8 Å². The highest BCUT2D eigenvalue weighted by Crippen LogP contribution is 2.21. The van der Waals surface area contributed by atoms with Crippen LogP contribution in [0.4, 0.5) is 4.39 Å². The maximum Gasteiger partial charge on any atom is 0.274 e. The number of hydrogen-bond acceptors (Lipinski definition) is 2. The molecular formula is C29H30Cl2FN3O. The molecule has 0 unspecified atom stereocenters. The number of likely N-dealkylation sites (tertiary alicyclic amines) is 1. The van der Waals surface area contributed by atoms with Gasteiger partial charge in [-0.1, -0.05) is 54.1 Å². The van der Waals surface area contributed by atoms with Gasteiger partial charge in [0.15, 0.2) is 0 Å². The Morgan fingerprint density at radius 1 is 0.917 bits per heavy atom. The topological polar surface area (TPSA) is 39.3 Å². The molecule has 1 aliphatic rings. The van der Waals surface area contributed by atoms with E-state index in [0.29, 0.717) is 11.4 Å². The Kier molecular flexibility index (Phi) is 8.78. The average Bonchev–Trinajstić information content (AvgIpc) is 2.89. The molecule has 7 heteroatoms. The lowest BCUT2D eigenvalue weighted by Crippen LogP contribution is -3.13. The van der Waals surface area contributed by atoms with E-state index >= 15 is 0 Å². The number of quaternary nitrogens is 1. The van der Waals surface area contributed by atoms with E-state index in [1.165, 1.54) is 17.7 Å². The molecule has 3 aromatic carbocycles. The van der Waals surface area contributed by atoms with E-state index in [1.807, 2.05) is 60.7 Å². The maximum atomic E-state index is 13.4. The number of nitrogens with one attached hydrogen (secondary N) is 1. The first kappa shape index (κ1) is 26.3. The first-order chi connectivity index (χ1) is 17.1. The Balaban J connectivity index is 0.00000304. The van der Waals surface area contributed by atoms with Crippen LogP contribution in [-0.2, 0) is 12.8 Å². The Morgan fingerprint density at radius 3 is 2.25 bits per heavy atom. The van der Waals surface area contributed by atoms with Crippen LogP contribution in [0.1, 0.15) is 42.1 Å². The number of fused-ring (bicyclic) bond motifs is 1. The van der Waals surface area contributed by atoms with Crippen LogP contribution < -0.4 is 22.9 Å². The lowest BCUT2D eigenvalue weighted by Gasteiger charge is -2.30. The standard InChI is InChI=1S/C29H29ClFN3O.ClH/c30-23-11-7-22(8-12-23)20-28-26-5-1-2-6-27(26)29(35)34(32-28)25-15-18-33(19-16-25)17-3-4-21-9-13-24(31)14-10-21;/h1-2,5-14,25H,3-4,15-20H2;1H. The van der Waals surface area contributed by atoms with Crippen LogP contribution in [0.5, 0.6) is 0 Å². The Morgan fingerprint density at radius 2 is 1.56 bits per heavy atom. The zero-order valence-corrected chi connectivity index (χ0v) is 21.6. The third-order valence-electron chi connectivity index (χ3n) is 7.11. The molecule has 0 aliphatic carbocycles. The summed E-state index contributed by atoms with van der Waals surface area (Å²) in [7, 11) is 0. The fourth-order valence-corrected chi connectivity index (χ4v) is 5.27. The van der Waals surface area contributed by atoms with Crippen molar-refractivity contribution < 1.29 is 21.7 Å². The van der Waals surface area contributed by atoms with Gasteiger partial charge in [0.1, 0.15) is 5.82 Å². The van der Waals surface area contributed by atoms with E-state index in [0.717, 1.165) is 67.3 Å². The summed E-state index contributed by atoms with van der Waals surface area (Å²) in [6.07, 6.45) is 4.58. The van der Waals surface area contributed by atoms with Crippen molar-refractivity contribution in [3.8, 4) is 0 Å². The summed E-state index contributed by atoms with van der Waals surface area (Å²) in [6, 6.07) is 22.5. The molecule has 1 aliphatic heterocycles. The molecule has 1 fully saturated rings. The van der Waals surface area contributed by atoms with Gasteiger partial charge in [-0.15, -0.1) is 0 Å². The zero-order valence-electron chi connectivity index (χ0n) is 20.1. The highest BCUT2D eigenvalue weighted by Gasteiger charge is 2.26. The first-order valence-corrected chi connectivity index (χ1v) is 12.8. The molecular weight excluding hydrogens is 496 g/mol. The molecule has 36 heavy (non-hydrogen) atoms. The SMILES string of the molecule is O=c1c2ccccc2c(Cc2ccc(Cl)cc2)nn1C1CC[NH+](CCCc2ccc(F)cc2)CC1.[Cl-]. The van der Waals surface area contributed by atoms with Crippen molar-refractivity contribution in [2.75, 3.05) is 19.6 Å². The van der Waals surface area contributed by atoms with Crippen molar-refractivity contribution in [2.24, 2.45) is 0 Å². The smallest absolute Gasteiger partial charge is 0.274 e. The normalized spacial score (nSPS) is 17.6. The van der Waals surface area contributed by atoms with Crippen molar-refractivity contribution in [1.29, 1.82) is 0 Å². The van der Waals surface area contributed by atoms with E-state index < -0.39 is 0 Å². The first-order valence-electron chi connectivity index (χ1n) is 12.4. The highest BCUT2D eigenvalue weighted by molar-refractivity contribution is 6.30. The molecule has 0 bridgehead atoms. The number of hydrogen-bond donors (Lipinski definition) is 1. The summed E-state index contributed by atoms with van der Waals surface area (Å²) in [5.41, 5.74) is 3.24. The highest BCUT2D eigenvalue weighted by atomic mass is 35.5.